The summed E-state index contributed by atoms with van der Waals surface area (Å²) in [6.45, 7) is 5.36. The van der Waals surface area contributed by atoms with Crippen molar-refractivity contribution >= 4 is 16.7 Å². The van der Waals surface area contributed by atoms with Gasteiger partial charge in [-0.3, -0.25) is 13.9 Å². The van der Waals surface area contributed by atoms with Crippen LogP contribution in [0.2, 0.25) is 0 Å². The molecule has 4 rings (SSSR count). The Kier molecular flexibility index (Phi) is 8.73. The van der Waals surface area contributed by atoms with Gasteiger partial charge in [-0.2, -0.15) is 4.31 Å². The molecule has 2 N–H and O–H groups in total. The number of rotatable bonds is 8. The Bertz CT molecular complexity index is 1030. The van der Waals surface area contributed by atoms with Crippen LogP contribution in [0.4, 0.5) is 4.39 Å². The van der Waals surface area contributed by atoms with Crippen LogP contribution in [0.3, 0.4) is 0 Å². The second-order valence-corrected chi connectivity index (χ2v) is 12.1. The van der Waals surface area contributed by atoms with Crippen molar-refractivity contribution in [2.75, 3.05) is 19.8 Å². The molecule has 0 bridgehead atoms. The predicted molar refractivity (Wildman–Crippen MR) is 140 cm³/mol. The van der Waals surface area contributed by atoms with E-state index in [1.54, 1.807) is 23.4 Å². The summed E-state index contributed by atoms with van der Waals surface area (Å²) in [5, 5.41) is -0.398. The Morgan fingerprint density at radius 3 is 2.56 bits per heavy atom. The van der Waals surface area contributed by atoms with E-state index in [2.05, 4.69) is 0 Å². The lowest BCUT2D eigenvalue weighted by molar-refractivity contribution is -0.143. The zero-order chi connectivity index (χ0) is 25.8. The third-order valence-corrected chi connectivity index (χ3v) is 10.2. The fourth-order valence-electron chi connectivity index (χ4n) is 5.58. The second-order valence-electron chi connectivity index (χ2n) is 9.97. The Labute approximate surface area is 215 Å². The Morgan fingerprint density at radius 1 is 1.17 bits per heavy atom. The summed E-state index contributed by atoms with van der Waals surface area (Å²) in [4.78, 5) is 12.0. The van der Waals surface area contributed by atoms with Gasteiger partial charge in [0.05, 0.1) is 11.9 Å². The largest absolute Gasteiger partial charge is 0.466 e. The number of benzene rings is 2. The van der Waals surface area contributed by atoms with E-state index in [9.17, 15) is 13.9 Å². The molecule has 2 saturated heterocycles. The first kappa shape index (κ1) is 27.1. The Balaban J connectivity index is 1.55. The molecular formula is C28H38FNO5S. The van der Waals surface area contributed by atoms with Gasteiger partial charge >= 0.3 is 5.97 Å². The first-order chi connectivity index (χ1) is 17.3. The average molecular weight is 520 g/mol. The fourth-order valence-corrected chi connectivity index (χ4v) is 7.85. The summed E-state index contributed by atoms with van der Waals surface area (Å²) in [6, 6.07) is 14.7. The van der Waals surface area contributed by atoms with Crippen LogP contribution in [-0.4, -0.2) is 45.2 Å². The summed E-state index contributed by atoms with van der Waals surface area (Å²) in [5.74, 6) is -0.601. The van der Waals surface area contributed by atoms with Gasteiger partial charge in [0.1, 0.15) is 5.82 Å². The standard InChI is InChI=1S/C28H38FNO5S/c1-3-35-27(31)13-14-28(15-17-34-18-16-28)24-11-10-23(25(29)19-24)20-30-21(2)9-12-26(36(30,32)33)22-7-5-4-6-8-22/h4-8,10-11,19,21,26,32-33H,3,9,12-18,20H2,1-2H3/t21-,26+/m0/s1. The molecule has 2 atom stereocenters. The first-order valence-electron chi connectivity index (χ1n) is 12.9. The highest BCUT2D eigenvalue weighted by atomic mass is 32.3. The van der Waals surface area contributed by atoms with Crippen LogP contribution >= 0.6 is 10.8 Å². The molecule has 2 heterocycles. The van der Waals surface area contributed by atoms with E-state index >= 15 is 4.39 Å². The number of ether oxygens (including phenoxy) is 2. The van der Waals surface area contributed by atoms with Gasteiger partial charge in [0.15, 0.2) is 0 Å². The zero-order valence-corrected chi connectivity index (χ0v) is 22.0. The minimum absolute atomic E-state index is 0.0829. The molecular weight excluding hydrogens is 481 g/mol. The van der Waals surface area contributed by atoms with Crippen molar-refractivity contribution in [1.82, 2.24) is 4.31 Å². The third-order valence-electron chi connectivity index (χ3n) is 7.79. The molecule has 2 aromatic rings. The lowest BCUT2D eigenvalue weighted by Gasteiger charge is -2.54. The molecule has 0 spiro atoms. The summed E-state index contributed by atoms with van der Waals surface area (Å²) >= 11 is 0. The van der Waals surface area contributed by atoms with Gasteiger partial charge in [0.25, 0.3) is 0 Å². The van der Waals surface area contributed by atoms with E-state index in [0.29, 0.717) is 51.1 Å². The van der Waals surface area contributed by atoms with Crippen LogP contribution in [0.5, 0.6) is 0 Å². The quantitative estimate of drug-likeness (QED) is 0.382. The van der Waals surface area contributed by atoms with Crippen LogP contribution in [0, 0.1) is 5.82 Å². The highest BCUT2D eigenvalue weighted by molar-refractivity contribution is 8.22. The van der Waals surface area contributed by atoms with E-state index in [1.165, 1.54) is 0 Å². The maximum atomic E-state index is 15.5. The number of carbonyl (C=O) groups excluding carboxylic acids is 1. The van der Waals surface area contributed by atoms with Crippen molar-refractivity contribution in [3.63, 3.8) is 0 Å². The minimum atomic E-state index is -3.15. The SMILES string of the molecule is CCOC(=O)CCC1(c2ccc(CN3[C@@H](C)CC[C@H](c4ccccc4)S3(O)O)c(F)c2)CCOCC1. The second kappa shape index (κ2) is 11.6. The van der Waals surface area contributed by atoms with Gasteiger partial charge in [-0.15, -0.1) is 10.8 Å². The molecule has 36 heavy (non-hydrogen) atoms. The Morgan fingerprint density at radius 2 is 1.89 bits per heavy atom. The van der Waals surface area contributed by atoms with Crippen LogP contribution < -0.4 is 0 Å². The molecule has 2 aromatic carbocycles. The number of esters is 1. The molecule has 2 aliphatic heterocycles. The monoisotopic (exact) mass is 519 g/mol. The van der Waals surface area contributed by atoms with E-state index in [1.807, 2.05) is 43.3 Å². The smallest absolute Gasteiger partial charge is 0.305 e. The number of carbonyl (C=O) groups is 1. The van der Waals surface area contributed by atoms with Crippen molar-refractivity contribution in [3.05, 3.63) is 71.0 Å². The van der Waals surface area contributed by atoms with Gasteiger partial charge in [-0.05, 0) is 63.1 Å². The van der Waals surface area contributed by atoms with Crippen molar-refractivity contribution < 1.29 is 27.8 Å². The number of nitrogens with zero attached hydrogens (tertiary/aromatic N) is 1. The summed E-state index contributed by atoms with van der Waals surface area (Å²) in [7, 11) is -3.15. The summed E-state index contributed by atoms with van der Waals surface area (Å²) in [5.41, 5.74) is 1.85. The molecule has 0 radical (unpaired) electrons. The van der Waals surface area contributed by atoms with E-state index in [4.69, 9.17) is 9.47 Å². The molecule has 6 nitrogen and oxygen atoms in total. The van der Waals surface area contributed by atoms with Gasteiger partial charge in [0, 0.05) is 43.2 Å². The molecule has 2 aliphatic rings. The highest BCUT2D eigenvalue weighted by Crippen LogP contribution is 2.63. The van der Waals surface area contributed by atoms with Gasteiger partial charge in [-0.25, -0.2) is 4.39 Å². The molecule has 2 fully saturated rings. The Hall–Kier alpha value is -1.97. The lowest BCUT2D eigenvalue weighted by Crippen LogP contribution is -2.41. The maximum absolute atomic E-state index is 15.5. The van der Waals surface area contributed by atoms with Gasteiger partial charge in [0.2, 0.25) is 0 Å². The van der Waals surface area contributed by atoms with Gasteiger partial charge < -0.3 is 9.47 Å². The number of halogens is 1. The lowest BCUT2D eigenvalue weighted by atomic mass is 9.71. The van der Waals surface area contributed by atoms with Crippen LogP contribution in [0.25, 0.3) is 0 Å². The fraction of sp³-hybridized carbons (Fsp3) is 0.536. The summed E-state index contributed by atoms with van der Waals surface area (Å²) in [6.07, 6.45) is 3.77. The first-order valence-corrected chi connectivity index (χ1v) is 14.4. The topological polar surface area (TPSA) is 79.2 Å². The van der Waals surface area contributed by atoms with E-state index in [-0.39, 0.29) is 36.2 Å². The van der Waals surface area contributed by atoms with Crippen LogP contribution in [0.15, 0.2) is 48.5 Å². The van der Waals surface area contributed by atoms with Crippen molar-refractivity contribution in [3.8, 4) is 0 Å². The minimum Gasteiger partial charge on any atom is -0.466 e. The van der Waals surface area contributed by atoms with Crippen molar-refractivity contribution in [2.24, 2.45) is 0 Å². The summed E-state index contributed by atoms with van der Waals surface area (Å²) < 4.78 is 50.5. The molecule has 8 heteroatoms. The predicted octanol–water partition coefficient (Wildman–Crippen LogP) is 6.61. The molecule has 0 amide bonds. The maximum Gasteiger partial charge on any atom is 0.305 e. The number of hydrogen-bond acceptors (Lipinski definition) is 6. The van der Waals surface area contributed by atoms with Crippen LogP contribution in [-0.2, 0) is 26.2 Å². The van der Waals surface area contributed by atoms with Gasteiger partial charge in [-0.1, -0.05) is 42.5 Å². The van der Waals surface area contributed by atoms with E-state index in [0.717, 1.165) is 17.5 Å². The zero-order valence-electron chi connectivity index (χ0n) is 21.2. The highest BCUT2D eigenvalue weighted by Gasteiger charge is 2.41. The van der Waals surface area contributed by atoms with Crippen LogP contribution in [0.1, 0.15) is 74.3 Å². The molecule has 0 aromatic heterocycles. The normalized spacial score (nSPS) is 24.7. The van der Waals surface area contributed by atoms with Crippen molar-refractivity contribution in [2.45, 2.75) is 75.6 Å². The molecule has 0 saturated carbocycles. The average Bonchev–Trinajstić information content (AvgIpc) is 2.87. The third kappa shape index (κ3) is 5.78. The molecule has 0 aliphatic carbocycles. The van der Waals surface area contributed by atoms with Crippen molar-refractivity contribution in [1.29, 1.82) is 0 Å². The molecule has 0 unspecified atom stereocenters. The molecule has 198 valence electrons. The van der Waals surface area contributed by atoms with E-state index < -0.39 is 16.0 Å². The number of hydrogen-bond donors (Lipinski definition) is 2.